The van der Waals surface area contributed by atoms with Crippen LogP contribution in [0.5, 0.6) is 0 Å². The summed E-state index contributed by atoms with van der Waals surface area (Å²) >= 11 is 6.14. The Hall–Kier alpha value is -1.47. The molecule has 0 aliphatic heterocycles. The topological polar surface area (TPSA) is 12.0 Å². The fraction of sp³-hybridized carbons (Fsp3) is 0.250. The number of rotatable bonds is 3. The van der Waals surface area contributed by atoms with Crippen molar-refractivity contribution in [3.8, 4) is 0 Å². The zero-order valence-electron chi connectivity index (χ0n) is 10.1. The number of halogens is 1. The highest BCUT2D eigenvalue weighted by atomic mass is 35.5. The maximum absolute atomic E-state index is 6.14. The van der Waals surface area contributed by atoms with E-state index in [4.69, 9.17) is 11.6 Å². The third-order valence-electron chi connectivity index (χ3n) is 3.64. The fourth-order valence-electron chi connectivity index (χ4n) is 2.53. The molecule has 0 radical (unpaired) electrons. The Morgan fingerprint density at radius 1 is 0.889 bits per heavy atom. The average Bonchev–Trinajstić information content (AvgIpc) is 2.36. The van der Waals surface area contributed by atoms with Gasteiger partial charge in [0.05, 0.1) is 10.7 Å². The van der Waals surface area contributed by atoms with Crippen molar-refractivity contribution in [3.63, 3.8) is 0 Å². The van der Waals surface area contributed by atoms with E-state index in [0.29, 0.717) is 12.0 Å². The van der Waals surface area contributed by atoms with E-state index in [0.717, 1.165) is 10.7 Å². The summed E-state index contributed by atoms with van der Waals surface area (Å²) in [5.41, 5.74) is 2.50. The predicted octanol–water partition coefficient (Wildman–Crippen LogP) is 4.70. The van der Waals surface area contributed by atoms with Crippen molar-refractivity contribution in [2.75, 3.05) is 5.32 Å². The third-order valence-corrected chi connectivity index (χ3v) is 3.97. The molecule has 2 aromatic carbocycles. The van der Waals surface area contributed by atoms with Crippen LogP contribution in [0.4, 0.5) is 5.69 Å². The molecule has 18 heavy (non-hydrogen) atoms. The molecule has 0 unspecified atom stereocenters. The summed E-state index contributed by atoms with van der Waals surface area (Å²) in [6.45, 7) is 0. The minimum Gasteiger partial charge on any atom is -0.381 e. The predicted molar refractivity (Wildman–Crippen MR) is 77.3 cm³/mol. The minimum atomic E-state index is 0.551. The van der Waals surface area contributed by atoms with E-state index in [1.807, 2.05) is 24.3 Å². The standard InChI is InChI=1S/C16H16ClN/c17-15-8-4-5-9-16(15)18-14-10-13(11-14)12-6-2-1-3-7-12/h1-9,13-14,18H,10-11H2. The van der Waals surface area contributed by atoms with Crippen molar-refractivity contribution >= 4 is 17.3 Å². The van der Waals surface area contributed by atoms with Gasteiger partial charge in [0.15, 0.2) is 0 Å². The van der Waals surface area contributed by atoms with E-state index in [1.165, 1.54) is 18.4 Å². The molecule has 0 atom stereocenters. The van der Waals surface area contributed by atoms with Gasteiger partial charge in [0.1, 0.15) is 0 Å². The average molecular weight is 258 g/mol. The van der Waals surface area contributed by atoms with Crippen LogP contribution < -0.4 is 5.32 Å². The van der Waals surface area contributed by atoms with Crippen LogP contribution in [0.2, 0.25) is 5.02 Å². The highest BCUT2D eigenvalue weighted by Crippen LogP contribution is 2.39. The van der Waals surface area contributed by atoms with Gasteiger partial charge in [-0.15, -0.1) is 0 Å². The summed E-state index contributed by atoms with van der Waals surface area (Å²) in [7, 11) is 0. The normalized spacial score (nSPS) is 22.3. The Bertz CT molecular complexity index is 518. The molecule has 1 nitrogen and oxygen atoms in total. The van der Waals surface area contributed by atoms with Crippen LogP contribution in [0, 0.1) is 0 Å². The van der Waals surface area contributed by atoms with Crippen molar-refractivity contribution in [1.82, 2.24) is 0 Å². The Kier molecular flexibility index (Phi) is 3.24. The summed E-state index contributed by atoms with van der Waals surface area (Å²) in [5.74, 6) is 0.700. The van der Waals surface area contributed by atoms with Crippen LogP contribution >= 0.6 is 11.6 Å². The summed E-state index contributed by atoms with van der Waals surface area (Å²) in [6.07, 6.45) is 2.38. The van der Waals surface area contributed by atoms with Gasteiger partial charge in [-0.1, -0.05) is 54.1 Å². The molecule has 3 rings (SSSR count). The van der Waals surface area contributed by atoms with E-state index in [1.54, 1.807) is 0 Å². The van der Waals surface area contributed by atoms with Gasteiger partial charge in [0.25, 0.3) is 0 Å². The van der Waals surface area contributed by atoms with Gasteiger partial charge in [0.2, 0.25) is 0 Å². The molecule has 0 bridgehead atoms. The van der Waals surface area contributed by atoms with Gasteiger partial charge in [-0.3, -0.25) is 0 Å². The Morgan fingerprint density at radius 3 is 2.28 bits per heavy atom. The molecule has 0 heterocycles. The SMILES string of the molecule is Clc1ccccc1NC1CC(c2ccccc2)C1. The van der Waals surface area contributed by atoms with Crippen LogP contribution in [0.25, 0.3) is 0 Å². The first-order valence-corrected chi connectivity index (χ1v) is 6.77. The van der Waals surface area contributed by atoms with Crippen LogP contribution in [-0.2, 0) is 0 Å². The Balaban J connectivity index is 1.59. The number of hydrogen-bond donors (Lipinski definition) is 1. The molecule has 1 fully saturated rings. The smallest absolute Gasteiger partial charge is 0.0637 e. The Labute approximate surface area is 113 Å². The van der Waals surface area contributed by atoms with Crippen molar-refractivity contribution in [2.45, 2.75) is 24.8 Å². The maximum atomic E-state index is 6.14. The molecule has 0 aromatic heterocycles. The van der Waals surface area contributed by atoms with Gasteiger partial charge in [-0.25, -0.2) is 0 Å². The minimum absolute atomic E-state index is 0.551. The van der Waals surface area contributed by atoms with Gasteiger partial charge in [-0.05, 0) is 36.5 Å². The molecule has 1 N–H and O–H groups in total. The van der Waals surface area contributed by atoms with Gasteiger partial charge in [-0.2, -0.15) is 0 Å². The van der Waals surface area contributed by atoms with Crippen molar-refractivity contribution < 1.29 is 0 Å². The first-order valence-electron chi connectivity index (χ1n) is 6.39. The lowest BCUT2D eigenvalue weighted by Crippen LogP contribution is -2.34. The molecule has 0 spiro atoms. The molecular weight excluding hydrogens is 242 g/mol. The number of hydrogen-bond acceptors (Lipinski definition) is 1. The number of anilines is 1. The highest BCUT2D eigenvalue weighted by Gasteiger charge is 2.30. The molecule has 1 aliphatic carbocycles. The monoisotopic (exact) mass is 257 g/mol. The van der Waals surface area contributed by atoms with Gasteiger partial charge < -0.3 is 5.32 Å². The second-order valence-corrected chi connectivity index (χ2v) is 5.31. The van der Waals surface area contributed by atoms with Crippen LogP contribution in [0.3, 0.4) is 0 Å². The maximum Gasteiger partial charge on any atom is 0.0637 e. The largest absolute Gasteiger partial charge is 0.381 e. The van der Waals surface area contributed by atoms with Crippen molar-refractivity contribution in [1.29, 1.82) is 0 Å². The lowest BCUT2D eigenvalue weighted by atomic mass is 9.76. The molecule has 1 aliphatic rings. The number of para-hydroxylation sites is 1. The molecule has 2 aromatic rings. The zero-order valence-corrected chi connectivity index (χ0v) is 10.9. The molecule has 0 saturated heterocycles. The molecule has 92 valence electrons. The lowest BCUT2D eigenvalue weighted by Gasteiger charge is -2.37. The molecule has 2 heteroatoms. The van der Waals surface area contributed by atoms with Crippen LogP contribution in [0.15, 0.2) is 54.6 Å². The molecule has 1 saturated carbocycles. The van der Waals surface area contributed by atoms with Crippen LogP contribution in [0.1, 0.15) is 24.3 Å². The lowest BCUT2D eigenvalue weighted by molar-refractivity contribution is 0.374. The van der Waals surface area contributed by atoms with Gasteiger partial charge in [0, 0.05) is 6.04 Å². The second-order valence-electron chi connectivity index (χ2n) is 4.90. The zero-order chi connectivity index (χ0) is 12.4. The van der Waals surface area contributed by atoms with Crippen molar-refractivity contribution in [2.24, 2.45) is 0 Å². The number of benzene rings is 2. The van der Waals surface area contributed by atoms with Crippen molar-refractivity contribution in [3.05, 3.63) is 65.2 Å². The quantitative estimate of drug-likeness (QED) is 0.841. The summed E-state index contributed by atoms with van der Waals surface area (Å²) < 4.78 is 0. The first-order chi connectivity index (χ1) is 8.83. The summed E-state index contributed by atoms with van der Waals surface area (Å²) in [4.78, 5) is 0. The van der Waals surface area contributed by atoms with E-state index in [-0.39, 0.29) is 0 Å². The summed E-state index contributed by atoms with van der Waals surface area (Å²) in [5, 5.41) is 4.32. The van der Waals surface area contributed by atoms with E-state index in [2.05, 4.69) is 35.6 Å². The molecule has 0 amide bonds. The van der Waals surface area contributed by atoms with Crippen LogP contribution in [-0.4, -0.2) is 6.04 Å². The van der Waals surface area contributed by atoms with E-state index >= 15 is 0 Å². The first kappa shape index (κ1) is 11.6. The van der Waals surface area contributed by atoms with E-state index in [9.17, 15) is 0 Å². The molecular formula is C16H16ClN. The fourth-order valence-corrected chi connectivity index (χ4v) is 2.72. The number of nitrogens with one attached hydrogen (secondary N) is 1. The van der Waals surface area contributed by atoms with E-state index < -0.39 is 0 Å². The Morgan fingerprint density at radius 2 is 1.56 bits per heavy atom. The second kappa shape index (κ2) is 5.03. The highest BCUT2D eigenvalue weighted by molar-refractivity contribution is 6.33. The summed E-state index contributed by atoms with van der Waals surface area (Å²) in [6, 6.07) is 19.2. The third kappa shape index (κ3) is 2.37. The van der Waals surface area contributed by atoms with Gasteiger partial charge >= 0.3 is 0 Å².